The molecule has 0 spiro atoms. The number of benzene rings is 2. The summed E-state index contributed by atoms with van der Waals surface area (Å²) in [7, 11) is 4.82. The van der Waals surface area contributed by atoms with Gasteiger partial charge in [-0.1, -0.05) is 0 Å². The third-order valence-electron chi connectivity index (χ3n) is 5.19. The van der Waals surface area contributed by atoms with Crippen LogP contribution in [0.1, 0.15) is 54.3 Å². The average molecular weight is 561 g/mol. The first-order valence-electron chi connectivity index (χ1n) is 11.4. The zero-order valence-corrected chi connectivity index (χ0v) is 22.6. The normalized spacial score (nSPS) is 10.2. The number of amides is 2. The molecule has 0 saturated heterocycles. The Hall–Kier alpha value is -4.39. The second-order valence-corrected chi connectivity index (χ2v) is 8.92. The predicted molar refractivity (Wildman–Crippen MR) is 142 cm³/mol. The van der Waals surface area contributed by atoms with E-state index in [-0.39, 0.29) is 46.5 Å². The van der Waals surface area contributed by atoms with Crippen molar-refractivity contribution in [1.82, 2.24) is 0 Å². The first-order valence-corrected chi connectivity index (χ1v) is 12.6. The van der Waals surface area contributed by atoms with Gasteiger partial charge in [0, 0.05) is 24.3 Å². The van der Waals surface area contributed by atoms with E-state index in [2.05, 4.69) is 20.1 Å². The Labute approximate surface area is 228 Å². The minimum atomic E-state index is -0.686. The van der Waals surface area contributed by atoms with Crippen LogP contribution in [0.25, 0.3) is 0 Å². The highest BCUT2D eigenvalue weighted by atomic mass is 32.2. The van der Waals surface area contributed by atoms with Crippen molar-refractivity contribution in [1.29, 1.82) is 0 Å². The number of rotatable bonds is 12. The van der Waals surface area contributed by atoms with E-state index in [4.69, 9.17) is 9.47 Å². The smallest absolute Gasteiger partial charge is 0.339 e. The SMILES string of the molecule is COC(=O)c1ccc(C(=O)OC)c(NC(=O)CCSCCC(=O)Nc2cc(C(=O)OC)ccc2C(=O)OC)c1. The van der Waals surface area contributed by atoms with Crippen LogP contribution in [0.3, 0.4) is 0 Å². The predicted octanol–water partition coefficient (Wildman–Crippen LogP) is 2.92. The van der Waals surface area contributed by atoms with Crippen molar-refractivity contribution in [3.8, 4) is 0 Å². The van der Waals surface area contributed by atoms with Gasteiger partial charge in [-0.2, -0.15) is 11.8 Å². The van der Waals surface area contributed by atoms with Crippen molar-refractivity contribution in [2.24, 2.45) is 0 Å². The summed E-state index contributed by atoms with van der Waals surface area (Å²) in [6, 6.07) is 8.13. The molecule has 0 fully saturated rings. The summed E-state index contributed by atoms with van der Waals surface area (Å²) in [5.41, 5.74) is 0.655. The molecule has 0 aliphatic rings. The Morgan fingerprint density at radius 3 is 1.28 bits per heavy atom. The number of methoxy groups -OCH3 is 4. The molecule has 2 rings (SSSR count). The maximum Gasteiger partial charge on any atom is 0.339 e. The molecule has 0 radical (unpaired) electrons. The van der Waals surface area contributed by atoms with Crippen LogP contribution in [0.15, 0.2) is 36.4 Å². The van der Waals surface area contributed by atoms with Crippen molar-refractivity contribution < 1.29 is 47.7 Å². The molecule has 0 aliphatic carbocycles. The second-order valence-electron chi connectivity index (χ2n) is 7.70. The molecule has 0 atom stereocenters. The Morgan fingerprint density at radius 2 is 0.949 bits per heavy atom. The van der Waals surface area contributed by atoms with Crippen molar-refractivity contribution >= 4 is 58.8 Å². The standard InChI is InChI=1S/C26H28N2O10S/c1-35-23(31)15-5-7-17(25(33)37-3)19(13-15)27-21(29)9-11-39-12-10-22(30)28-20-14-16(24(32)36-2)6-8-18(20)26(34)38-4/h5-8,13-14H,9-12H2,1-4H3,(H,27,29)(H,28,30). The van der Waals surface area contributed by atoms with Gasteiger partial charge in [0.15, 0.2) is 0 Å². The van der Waals surface area contributed by atoms with Crippen LogP contribution in [0.5, 0.6) is 0 Å². The minimum absolute atomic E-state index is 0.0585. The second kappa shape index (κ2) is 15.1. The number of nitrogens with one attached hydrogen (secondary N) is 2. The number of anilines is 2. The van der Waals surface area contributed by atoms with Crippen LogP contribution in [0, 0.1) is 0 Å². The number of carbonyl (C=O) groups excluding carboxylic acids is 6. The summed E-state index contributed by atoms with van der Waals surface area (Å²) in [6.45, 7) is 0. The van der Waals surface area contributed by atoms with Gasteiger partial charge in [0.1, 0.15) is 0 Å². The van der Waals surface area contributed by atoms with Crippen molar-refractivity contribution in [2.45, 2.75) is 12.8 Å². The number of hydrogen-bond acceptors (Lipinski definition) is 11. The van der Waals surface area contributed by atoms with Gasteiger partial charge in [-0.15, -0.1) is 0 Å². The van der Waals surface area contributed by atoms with Crippen molar-refractivity contribution in [3.05, 3.63) is 58.7 Å². The summed E-state index contributed by atoms with van der Waals surface area (Å²) in [4.78, 5) is 72.6. The largest absolute Gasteiger partial charge is 0.465 e. The van der Waals surface area contributed by atoms with E-state index < -0.39 is 35.7 Å². The molecule has 0 heterocycles. The molecular formula is C26H28N2O10S. The van der Waals surface area contributed by atoms with Gasteiger partial charge >= 0.3 is 23.9 Å². The topological polar surface area (TPSA) is 163 Å². The highest BCUT2D eigenvalue weighted by Crippen LogP contribution is 2.22. The van der Waals surface area contributed by atoms with Crippen LogP contribution < -0.4 is 10.6 Å². The van der Waals surface area contributed by atoms with E-state index >= 15 is 0 Å². The molecule has 0 saturated carbocycles. The summed E-state index contributed by atoms with van der Waals surface area (Å²) >= 11 is 1.33. The Kier molecular flexibility index (Phi) is 12.0. The van der Waals surface area contributed by atoms with Gasteiger partial charge < -0.3 is 29.6 Å². The van der Waals surface area contributed by atoms with Crippen LogP contribution in [0.2, 0.25) is 0 Å². The summed E-state index contributed by atoms with van der Waals surface area (Å²) in [5, 5.41) is 5.19. The number of hydrogen-bond donors (Lipinski definition) is 2. The molecule has 13 heteroatoms. The maximum atomic E-state index is 12.5. The molecule has 2 aromatic rings. The Balaban J connectivity index is 1.91. The van der Waals surface area contributed by atoms with Gasteiger partial charge in [-0.05, 0) is 36.4 Å². The lowest BCUT2D eigenvalue weighted by atomic mass is 10.1. The van der Waals surface area contributed by atoms with Crippen LogP contribution in [0.4, 0.5) is 11.4 Å². The van der Waals surface area contributed by atoms with Crippen molar-refractivity contribution in [2.75, 3.05) is 50.6 Å². The molecule has 0 aliphatic heterocycles. The highest BCUT2D eigenvalue weighted by molar-refractivity contribution is 7.99. The maximum absolute atomic E-state index is 12.5. The number of ether oxygens (including phenoxy) is 4. The molecule has 0 bridgehead atoms. The third kappa shape index (κ3) is 8.85. The van der Waals surface area contributed by atoms with Crippen LogP contribution >= 0.6 is 11.8 Å². The average Bonchev–Trinajstić information content (AvgIpc) is 2.95. The van der Waals surface area contributed by atoms with E-state index in [9.17, 15) is 28.8 Å². The fraction of sp³-hybridized carbons (Fsp3) is 0.308. The number of carbonyl (C=O) groups is 6. The van der Waals surface area contributed by atoms with Gasteiger partial charge in [-0.25, -0.2) is 19.2 Å². The molecule has 2 aromatic carbocycles. The zero-order chi connectivity index (χ0) is 28.9. The Bertz CT molecular complexity index is 1170. The van der Waals surface area contributed by atoms with E-state index in [0.29, 0.717) is 11.5 Å². The van der Waals surface area contributed by atoms with Gasteiger partial charge in [0.05, 0.1) is 62.1 Å². The van der Waals surface area contributed by atoms with Crippen LogP contribution in [-0.2, 0) is 28.5 Å². The monoisotopic (exact) mass is 560 g/mol. The third-order valence-corrected chi connectivity index (χ3v) is 6.17. The summed E-state index contributed by atoms with van der Waals surface area (Å²) in [5.74, 6) is -2.76. The minimum Gasteiger partial charge on any atom is -0.465 e. The van der Waals surface area contributed by atoms with E-state index in [1.54, 1.807) is 0 Å². The van der Waals surface area contributed by atoms with Gasteiger partial charge in [-0.3, -0.25) is 9.59 Å². The summed E-state index contributed by atoms with van der Waals surface area (Å²) < 4.78 is 18.8. The molecule has 12 nitrogen and oxygen atoms in total. The molecule has 2 amide bonds. The number of esters is 4. The van der Waals surface area contributed by atoms with Gasteiger partial charge in [0.2, 0.25) is 11.8 Å². The quantitative estimate of drug-likeness (QED) is 0.223. The first kappa shape index (κ1) is 30.8. The zero-order valence-electron chi connectivity index (χ0n) is 21.8. The molecule has 0 aromatic heterocycles. The van der Waals surface area contributed by atoms with Crippen LogP contribution in [-0.4, -0.2) is 75.6 Å². The van der Waals surface area contributed by atoms with Gasteiger partial charge in [0.25, 0.3) is 0 Å². The molecule has 39 heavy (non-hydrogen) atoms. The van der Waals surface area contributed by atoms with Crippen molar-refractivity contribution in [3.63, 3.8) is 0 Å². The van der Waals surface area contributed by atoms with E-state index in [0.717, 1.165) is 0 Å². The molecule has 208 valence electrons. The lowest BCUT2D eigenvalue weighted by Gasteiger charge is -2.12. The Morgan fingerprint density at radius 1 is 0.590 bits per heavy atom. The number of thioether (sulfide) groups is 1. The molecule has 0 unspecified atom stereocenters. The van der Waals surface area contributed by atoms with E-state index in [1.807, 2.05) is 0 Å². The molecular weight excluding hydrogens is 532 g/mol. The fourth-order valence-corrected chi connectivity index (χ4v) is 4.08. The lowest BCUT2D eigenvalue weighted by Crippen LogP contribution is -2.18. The lowest BCUT2D eigenvalue weighted by molar-refractivity contribution is -0.116. The first-order chi connectivity index (χ1) is 18.6. The fourth-order valence-electron chi connectivity index (χ4n) is 3.22. The summed E-state index contributed by atoms with van der Waals surface area (Å²) in [6.07, 6.45) is 0.117. The highest BCUT2D eigenvalue weighted by Gasteiger charge is 2.19. The molecule has 2 N–H and O–H groups in total. The van der Waals surface area contributed by atoms with E-state index in [1.165, 1.54) is 76.6 Å².